The molecule has 0 aliphatic carbocycles. The van der Waals surface area contributed by atoms with Crippen molar-refractivity contribution in [2.45, 2.75) is 0 Å². The molecule has 0 bridgehead atoms. The maximum atomic E-state index is 10.9. The highest BCUT2D eigenvalue weighted by Gasteiger charge is 2.15. The Morgan fingerprint density at radius 1 is 1.18 bits per heavy atom. The van der Waals surface area contributed by atoms with Gasteiger partial charge in [-0.3, -0.25) is 10.2 Å². The lowest BCUT2D eigenvalue weighted by atomic mass is 10.1. The molecule has 0 atom stereocenters. The van der Waals surface area contributed by atoms with Gasteiger partial charge >= 0.3 is 0 Å². The number of nitrogens with one attached hydrogen (secondary N) is 1. The van der Waals surface area contributed by atoms with Crippen molar-refractivity contribution in [2.24, 2.45) is 5.10 Å². The number of carbonyl (C=O) groups excluding carboxylic acids is 1. The van der Waals surface area contributed by atoms with Gasteiger partial charge in [0, 0.05) is 11.1 Å². The summed E-state index contributed by atoms with van der Waals surface area (Å²) in [6.45, 7) is 0. The quantitative estimate of drug-likeness (QED) is 0.387. The standard InChI is InChI=1S/C14H7Cl3N4O/c15-11-10(5-18)13(17)20-14(12(11)16)21-19-6-8-3-1-2-4-9(8)7-22/h1-4,6-7H,(H,20,21). The van der Waals surface area contributed by atoms with Crippen LogP contribution in [-0.4, -0.2) is 17.5 Å². The van der Waals surface area contributed by atoms with Crippen LogP contribution in [0.1, 0.15) is 21.5 Å². The number of hydrogen-bond acceptors (Lipinski definition) is 5. The molecule has 22 heavy (non-hydrogen) atoms. The van der Waals surface area contributed by atoms with E-state index >= 15 is 0 Å². The minimum Gasteiger partial charge on any atom is -0.298 e. The molecule has 0 aliphatic rings. The lowest BCUT2D eigenvalue weighted by Crippen LogP contribution is -1.99. The van der Waals surface area contributed by atoms with Gasteiger partial charge in [0.1, 0.15) is 16.7 Å². The minimum absolute atomic E-state index is 0.00448. The van der Waals surface area contributed by atoms with Crippen molar-refractivity contribution >= 4 is 53.1 Å². The van der Waals surface area contributed by atoms with E-state index in [0.717, 1.165) is 6.29 Å². The number of halogens is 3. The summed E-state index contributed by atoms with van der Waals surface area (Å²) in [7, 11) is 0. The molecule has 2 rings (SSSR count). The van der Waals surface area contributed by atoms with Gasteiger partial charge in [0.05, 0.1) is 11.2 Å². The van der Waals surface area contributed by atoms with Crippen LogP contribution in [0, 0.1) is 11.3 Å². The number of hydrazone groups is 1. The van der Waals surface area contributed by atoms with Gasteiger partial charge in [0.2, 0.25) is 0 Å². The first kappa shape index (κ1) is 16.2. The predicted molar refractivity (Wildman–Crippen MR) is 87.0 cm³/mol. The van der Waals surface area contributed by atoms with Gasteiger partial charge in [-0.1, -0.05) is 59.1 Å². The predicted octanol–water partition coefficient (Wildman–Crippen LogP) is 4.17. The van der Waals surface area contributed by atoms with Gasteiger partial charge in [0.15, 0.2) is 17.3 Å². The third-order valence-electron chi connectivity index (χ3n) is 2.65. The molecule has 0 saturated carbocycles. The van der Waals surface area contributed by atoms with Crippen LogP contribution in [0.2, 0.25) is 15.2 Å². The summed E-state index contributed by atoms with van der Waals surface area (Å²) in [5, 5.41) is 12.8. The number of anilines is 1. The van der Waals surface area contributed by atoms with Crippen molar-refractivity contribution in [2.75, 3.05) is 5.43 Å². The number of nitrogens with zero attached hydrogens (tertiary/aromatic N) is 3. The van der Waals surface area contributed by atoms with E-state index in [1.54, 1.807) is 24.3 Å². The Morgan fingerprint density at radius 2 is 1.86 bits per heavy atom. The highest BCUT2D eigenvalue weighted by atomic mass is 35.5. The lowest BCUT2D eigenvalue weighted by Gasteiger charge is -2.06. The third-order valence-corrected chi connectivity index (χ3v) is 3.76. The third kappa shape index (κ3) is 3.37. The van der Waals surface area contributed by atoms with Crippen molar-refractivity contribution in [3.63, 3.8) is 0 Å². The Balaban J connectivity index is 2.28. The van der Waals surface area contributed by atoms with E-state index < -0.39 is 0 Å². The van der Waals surface area contributed by atoms with Crippen molar-refractivity contribution in [3.05, 3.63) is 56.2 Å². The highest BCUT2D eigenvalue weighted by molar-refractivity contribution is 6.45. The number of rotatable bonds is 4. The second kappa shape index (κ2) is 7.23. The van der Waals surface area contributed by atoms with E-state index in [9.17, 15) is 4.79 Å². The molecule has 2 aromatic rings. The summed E-state index contributed by atoms with van der Waals surface area (Å²) in [6, 6.07) is 8.72. The molecule has 1 aromatic carbocycles. The maximum Gasteiger partial charge on any atom is 0.168 e. The number of aromatic nitrogens is 1. The van der Waals surface area contributed by atoms with Crippen LogP contribution in [0.4, 0.5) is 5.82 Å². The molecular weight excluding hydrogens is 347 g/mol. The zero-order valence-electron chi connectivity index (χ0n) is 10.8. The van der Waals surface area contributed by atoms with E-state index in [-0.39, 0.29) is 26.6 Å². The zero-order valence-corrected chi connectivity index (χ0v) is 13.1. The van der Waals surface area contributed by atoms with Gasteiger partial charge in [-0.25, -0.2) is 4.98 Å². The largest absolute Gasteiger partial charge is 0.298 e. The molecule has 1 heterocycles. The SMILES string of the molecule is N#Cc1c(Cl)nc(NN=Cc2ccccc2C=O)c(Cl)c1Cl. The van der Waals surface area contributed by atoms with E-state index in [1.165, 1.54) is 6.21 Å². The van der Waals surface area contributed by atoms with E-state index in [4.69, 9.17) is 40.1 Å². The fourth-order valence-electron chi connectivity index (χ4n) is 1.58. The Bertz CT molecular complexity index is 799. The molecule has 0 unspecified atom stereocenters. The monoisotopic (exact) mass is 352 g/mol. The Kier molecular flexibility index (Phi) is 5.34. The number of aldehydes is 1. The topological polar surface area (TPSA) is 78.1 Å². The van der Waals surface area contributed by atoms with Crippen molar-refractivity contribution in [1.29, 1.82) is 5.26 Å². The molecule has 0 saturated heterocycles. The molecule has 110 valence electrons. The van der Waals surface area contributed by atoms with Crippen molar-refractivity contribution in [1.82, 2.24) is 4.98 Å². The van der Waals surface area contributed by atoms with E-state index in [2.05, 4.69) is 15.5 Å². The van der Waals surface area contributed by atoms with Crippen LogP contribution in [0.25, 0.3) is 0 Å². The van der Waals surface area contributed by atoms with E-state index in [1.807, 2.05) is 6.07 Å². The van der Waals surface area contributed by atoms with Crippen LogP contribution in [0.5, 0.6) is 0 Å². The van der Waals surface area contributed by atoms with Crippen LogP contribution in [-0.2, 0) is 0 Å². The van der Waals surface area contributed by atoms with Gasteiger partial charge in [0.25, 0.3) is 0 Å². The maximum absolute atomic E-state index is 10.9. The fraction of sp³-hybridized carbons (Fsp3) is 0. The highest BCUT2D eigenvalue weighted by Crippen LogP contribution is 2.34. The normalized spacial score (nSPS) is 10.5. The summed E-state index contributed by atoms with van der Waals surface area (Å²) in [5.41, 5.74) is 3.68. The Labute approximate surface area is 141 Å². The van der Waals surface area contributed by atoms with Crippen molar-refractivity contribution in [3.8, 4) is 6.07 Å². The van der Waals surface area contributed by atoms with Gasteiger partial charge < -0.3 is 0 Å². The number of nitriles is 1. The molecule has 5 nitrogen and oxygen atoms in total. The van der Waals surface area contributed by atoms with Gasteiger partial charge in [-0.2, -0.15) is 10.4 Å². The average Bonchev–Trinajstić information content (AvgIpc) is 2.53. The molecule has 0 spiro atoms. The first-order chi connectivity index (χ1) is 10.6. The van der Waals surface area contributed by atoms with Crippen LogP contribution < -0.4 is 5.43 Å². The number of hydrogen-bond donors (Lipinski definition) is 1. The summed E-state index contributed by atoms with van der Waals surface area (Å²) in [4.78, 5) is 14.8. The Hall–Kier alpha value is -2.13. The fourth-order valence-corrected chi connectivity index (χ4v) is 2.25. The minimum atomic E-state index is -0.0807. The molecule has 8 heteroatoms. The summed E-state index contributed by atoms with van der Waals surface area (Å²) >= 11 is 17.8. The summed E-state index contributed by atoms with van der Waals surface area (Å²) in [5.74, 6) is 0.107. The van der Waals surface area contributed by atoms with Crippen LogP contribution >= 0.6 is 34.8 Å². The van der Waals surface area contributed by atoms with Crippen molar-refractivity contribution < 1.29 is 4.79 Å². The number of benzene rings is 1. The van der Waals surface area contributed by atoms with Crippen LogP contribution in [0.3, 0.4) is 0 Å². The first-order valence-electron chi connectivity index (χ1n) is 5.86. The number of carbonyl (C=O) groups is 1. The number of pyridine rings is 1. The molecule has 0 radical (unpaired) electrons. The molecule has 1 aromatic heterocycles. The molecule has 0 amide bonds. The van der Waals surface area contributed by atoms with Gasteiger partial charge in [-0.05, 0) is 0 Å². The molecule has 0 fully saturated rings. The molecular formula is C14H7Cl3N4O. The van der Waals surface area contributed by atoms with Gasteiger partial charge in [-0.15, -0.1) is 0 Å². The average molecular weight is 354 g/mol. The van der Waals surface area contributed by atoms with Crippen LogP contribution in [0.15, 0.2) is 29.4 Å². The lowest BCUT2D eigenvalue weighted by molar-refractivity contribution is 0.112. The summed E-state index contributed by atoms with van der Waals surface area (Å²) < 4.78 is 0. The smallest absolute Gasteiger partial charge is 0.168 e. The first-order valence-corrected chi connectivity index (χ1v) is 6.99. The zero-order chi connectivity index (χ0) is 16.1. The Morgan fingerprint density at radius 3 is 2.50 bits per heavy atom. The van der Waals surface area contributed by atoms with E-state index in [0.29, 0.717) is 11.1 Å². The molecule has 0 aliphatic heterocycles. The summed E-state index contributed by atoms with van der Waals surface area (Å²) in [6.07, 6.45) is 2.16. The second-order valence-corrected chi connectivity index (χ2v) is 5.10. The second-order valence-electron chi connectivity index (χ2n) is 3.98. The molecule has 1 N–H and O–H groups in total.